The van der Waals surface area contributed by atoms with Crippen LogP contribution in [-0.4, -0.2) is 6.36 Å². The number of terminal acetylenes is 1. The van der Waals surface area contributed by atoms with Crippen molar-refractivity contribution in [2.45, 2.75) is 6.36 Å². The van der Waals surface area contributed by atoms with Gasteiger partial charge < -0.3 is 4.74 Å². The molecule has 0 aliphatic heterocycles. The Bertz CT molecular complexity index is 576. The molecule has 0 spiro atoms. The third kappa shape index (κ3) is 3.05. The summed E-state index contributed by atoms with van der Waals surface area (Å²) in [5.74, 6) is 2.27. The second-order valence-corrected chi connectivity index (χ2v) is 4.33. The van der Waals surface area contributed by atoms with Gasteiger partial charge in [0.05, 0.1) is 4.88 Å². The number of thiophene rings is 1. The first-order valence-corrected chi connectivity index (χ1v) is 5.77. The summed E-state index contributed by atoms with van der Waals surface area (Å²) < 4.78 is 39.7. The zero-order valence-corrected chi connectivity index (χ0v) is 9.81. The summed E-state index contributed by atoms with van der Waals surface area (Å²) >= 11 is 1.41. The summed E-state index contributed by atoms with van der Waals surface area (Å²) in [7, 11) is 0. The average molecular weight is 268 g/mol. The number of rotatable bonds is 2. The number of ether oxygens (including phenoxy) is 1. The van der Waals surface area contributed by atoms with Crippen molar-refractivity contribution in [3.05, 3.63) is 40.6 Å². The minimum atomic E-state index is -4.67. The largest absolute Gasteiger partial charge is 0.573 e. The van der Waals surface area contributed by atoms with Crippen molar-refractivity contribution in [2.24, 2.45) is 0 Å². The molecule has 0 aliphatic carbocycles. The molecule has 92 valence electrons. The van der Waals surface area contributed by atoms with Gasteiger partial charge in [-0.25, -0.2) is 0 Å². The molecule has 2 rings (SSSR count). The SMILES string of the molecule is C#Cc1cc(-c2ccc(OC(F)(F)F)cc2)cs1. The predicted molar refractivity (Wildman–Crippen MR) is 64.4 cm³/mol. The standard InChI is InChI=1S/C13H7F3OS/c1-2-12-7-10(8-18-12)9-3-5-11(6-4-9)17-13(14,15)16/h1,3-8H. The van der Waals surface area contributed by atoms with Crippen LogP contribution in [-0.2, 0) is 0 Å². The van der Waals surface area contributed by atoms with E-state index in [-0.39, 0.29) is 5.75 Å². The monoisotopic (exact) mass is 268 g/mol. The Hall–Kier alpha value is -1.93. The maximum atomic E-state index is 12.0. The summed E-state index contributed by atoms with van der Waals surface area (Å²) in [5, 5.41) is 1.86. The third-order valence-corrected chi connectivity index (χ3v) is 3.02. The van der Waals surface area contributed by atoms with E-state index in [1.807, 2.05) is 11.4 Å². The van der Waals surface area contributed by atoms with Crippen LogP contribution in [0.5, 0.6) is 5.75 Å². The molecule has 1 heterocycles. The molecule has 1 aromatic heterocycles. The van der Waals surface area contributed by atoms with Crippen LogP contribution < -0.4 is 4.74 Å². The van der Waals surface area contributed by atoms with Crippen molar-refractivity contribution in [3.8, 4) is 29.2 Å². The van der Waals surface area contributed by atoms with Crippen molar-refractivity contribution in [1.82, 2.24) is 0 Å². The third-order valence-electron chi connectivity index (χ3n) is 2.16. The number of hydrogen-bond donors (Lipinski definition) is 0. The Morgan fingerprint density at radius 1 is 1.11 bits per heavy atom. The van der Waals surface area contributed by atoms with Gasteiger partial charge in [0.1, 0.15) is 5.75 Å². The van der Waals surface area contributed by atoms with Crippen molar-refractivity contribution >= 4 is 11.3 Å². The lowest BCUT2D eigenvalue weighted by atomic mass is 10.1. The van der Waals surface area contributed by atoms with Gasteiger partial charge in [0, 0.05) is 0 Å². The molecular weight excluding hydrogens is 261 g/mol. The van der Waals surface area contributed by atoms with Crippen molar-refractivity contribution in [3.63, 3.8) is 0 Å². The Kier molecular flexibility index (Phi) is 3.30. The summed E-state index contributed by atoms with van der Waals surface area (Å²) in [6.07, 6.45) is 0.584. The molecular formula is C13H7F3OS. The van der Waals surface area contributed by atoms with Crippen molar-refractivity contribution in [1.29, 1.82) is 0 Å². The van der Waals surface area contributed by atoms with E-state index in [1.54, 1.807) is 12.1 Å². The van der Waals surface area contributed by atoms with Gasteiger partial charge in [-0.2, -0.15) is 0 Å². The second-order valence-electron chi connectivity index (χ2n) is 3.42. The average Bonchev–Trinajstić information content (AvgIpc) is 2.76. The van der Waals surface area contributed by atoms with Gasteiger partial charge >= 0.3 is 6.36 Å². The van der Waals surface area contributed by atoms with E-state index in [2.05, 4.69) is 10.7 Å². The fourth-order valence-electron chi connectivity index (χ4n) is 1.41. The summed E-state index contributed by atoms with van der Waals surface area (Å²) in [6.45, 7) is 0. The van der Waals surface area contributed by atoms with Crippen LogP contribution in [0.25, 0.3) is 11.1 Å². The Morgan fingerprint density at radius 3 is 2.28 bits per heavy atom. The highest BCUT2D eigenvalue weighted by atomic mass is 32.1. The minimum absolute atomic E-state index is 0.237. The molecule has 0 radical (unpaired) electrons. The molecule has 0 saturated heterocycles. The molecule has 0 atom stereocenters. The van der Waals surface area contributed by atoms with Crippen LogP contribution in [0.2, 0.25) is 0 Å². The fourth-order valence-corrected chi connectivity index (χ4v) is 2.13. The number of alkyl halides is 3. The van der Waals surface area contributed by atoms with E-state index in [1.165, 1.54) is 23.5 Å². The maximum absolute atomic E-state index is 12.0. The molecule has 0 unspecified atom stereocenters. The highest BCUT2D eigenvalue weighted by molar-refractivity contribution is 7.11. The van der Waals surface area contributed by atoms with Gasteiger partial charge in [0.2, 0.25) is 0 Å². The van der Waals surface area contributed by atoms with Crippen LogP contribution in [0.3, 0.4) is 0 Å². The molecule has 1 nitrogen and oxygen atoms in total. The van der Waals surface area contributed by atoms with Gasteiger partial charge in [-0.3, -0.25) is 0 Å². The van der Waals surface area contributed by atoms with Crippen LogP contribution in [0.1, 0.15) is 4.88 Å². The number of benzene rings is 1. The van der Waals surface area contributed by atoms with Crippen molar-refractivity contribution < 1.29 is 17.9 Å². The molecule has 1 aromatic carbocycles. The lowest BCUT2D eigenvalue weighted by Gasteiger charge is -2.08. The van der Waals surface area contributed by atoms with Gasteiger partial charge in [0.25, 0.3) is 0 Å². The second kappa shape index (κ2) is 4.75. The van der Waals surface area contributed by atoms with E-state index in [4.69, 9.17) is 6.42 Å². The smallest absolute Gasteiger partial charge is 0.406 e. The number of halogens is 3. The topological polar surface area (TPSA) is 9.23 Å². The first-order chi connectivity index (χ1) is 8.48. The van der Waals surface area contributed by atoms with Crippen LogP contribution >= 0.6 is 11.3 Å². The van der Waals surface area contributed by atoms with E-state index >= 15 is 0 Å². The molecule has 0 amide bonds. The highest BCUT2D eigenvalue weighted by Crippen LogP contribution is 2.28. The van der Waals surface area contributed by atoms with E-state index in [0.717, 1.165) is 16.0 Å². The molecule has 5 heteroatoms. The zero-order valence-electron chi connectivity index (χ0n) is 8.99. The van der Waals surface area contributed by atoms with Crippen molar-refractivity contribution in [2.75, 3.05) is 0 Å². The maximum Gasteiger partial charge on any atom is 0.573 e. The Labute approximate surface area is 106 Å². The first-order valence-electron chi connectivity index (χ1n) is 4.89. The fraction of sp³-hybridized carbons (Fsp3) is 0.0769. The van der Waals surface area contributed by atoms with E-state index in [9.17, 15) is 13.2 Å². The zero-order chi connectivity index (χ0) is 13.2. The van der Waals surface area contributed by atoms with Gasteiger partial charge in [-0.15, -0.1) is 30.9 Å². The van der Waals surface area contributed by atoms with Gasteiger partial charge in [-0.1, -0.05) is 18.1 Å². The molecule has 2 aromatic rings. The lowest BCUT2D eigenvalue weighted by molar-refractivity contribution is -0.274. The normalized spacial score (nSPS) is 11.0. The Balaban J connectivity index is 2.20. The molecule has 0 aliphatic rings. The number of hydrogen-bond acceptors (Lipinski definition) is 2. The van der Waals surface area contributed by atoms with Crippen LogP contribution in [0.4, 0.5) is 13.2 Å². The molecule has 0 saturated carbocycles. The molecule has 0 bridgehead atoms. The lowest BCUT2D eigenvalue weighted by Crippen LogP contribution is -2.16. The van der Waals surface area contributed by atoms with Crippen LogP contribution in [0.15, 0.2) is 35.7 Å². The van der Waals surface area contributed by atoms with E-state index in [0.29, 0.717) is 0 Å². The van der Waals surface area contributed by atoms with Gasteiger partial charge in [0.15, 0.2) is 0 Å². The summed E-state index contributed by atoms with van der Waals surface area (Å²) in [6, 6.07) is 7.48. The molecule has 18 heavy (non-hydrogen) atoms. The predicted octanol–water partition coefficient (Wildman–Crippen LogP) is 4.30. The first kappa shape index (κ1) is 12.5. The molecule has 0 fully saturated rings. The van der Waals surface area contributed by atoms with Gasteiger partial charge in [-0.05, 0) is 34.7 Å². The molecule has 0 N–H and O–H groups in total. The quantitative estimate of drug-likeness (QED) is 0.738. The minimum Gasteiger partial charge on any atom is -0.406 e. The summed E-state index contributed by atoms with van der Waals surface area (Å²) in [4.78, 5) is 0.778. The van der Waals surface area contributed by atoms with Crippen LogP contribution in [0, 0.1) is 12.3 Å². The Morgan fingerprint density at radius 2 is 1.78 bits per heavy atom. The highest BCUT2D eigenvalue weighted by Gasteiger charge is 2.30. The van der Waals surface area contributed by atoms with E-state index < -0.39 is 6.36 Å². The summed E-state index contributed by atoms with van der Waals surface area (Å²) in [5.41, 5.74) is 1.67.